The van der Waals surface area contributed by atoms with Crippen molar-refractivity contribution >= 4 is 29.3 Å². The molecule has 0 aliphatic rings. The quantitative estimate of drug-likeness (QED) is 0.406. The molecule has 0 radical (unpaired) electrons. The van der Waals surface area contributed by atoms with Crippen LogP contribution in [0.5, 0.6) is 11.5 Å². The van der Waals surface area contributed by atoms with Gasteiger partial charge in [0.2, 0.25) is 0 Å². The van der Waals surface area contributed by atoms with Crippen LogP contribution in [0.1, 0.15) is 21.5 Å². The van der Waals surface area contributed by atoms with Gasteiger partial charge in [0.1, 0.15) is 0 Å². The van der Waals surface area contributed by atoms with Gasteiger partial charge in [-0.1, -0.05) is 29.8 Å². The molecule has 0 aliphatic carbocycles. The monoisotopic (exact) mass is 441 g/mol. The van der Waals surface area contributed by atoms with E-state index in [2.05, 4.69) is 0 Å². The average molecular weight is 442 g/mol. The van der Waals surface area contributed by atoms with Crippen molar-refractivity contribution in [3.05, 3.63) is 88.4 Å². The smallest absolute Gasteiger partial charge is 0.253 e. The van der Waals surface area contributed by atoms with Crippen molar-refractivity contribution in [3.8, 4) is 11.5 Å². The molecule has 1 amide bonds. The lowest BCUT2D eigenvalue weighted by atomic mass is 10.1. The van der Waals surface area contributed by atoms with Gasteiger partial charge in [0, 0.05) is 34.8 Å². The number of hydrogen-bond acceptors (Lipinski definition) is 4. The fourth-order valence-electron chi connectivity index (χ4n) is 2.99. The van der Waals surface area contributed by atoms with E-state index >= 15 is 0 Å². The molecule has 0 bridgehead atoms. The average Bonchev–Trinajstić information content (AvgIpc) is 2.78. The highest BCUT2D eigenvalue weighted by atomic mass is 35.5. The predicted molar refractivity (Wildman–Crippen MR) is 123 cm³/mol. The van der Waals surface area contributed by atoms with Crippen molar-refractivity contribution in [2.75, 3.05) is 21.3 Å². The minimum atomic E-state index is -0.0262. The second-order valence-electron chi connectivity index (χ2n) is 6.79. The number of ether oxygens (including phenoxy) is 2. The molecule has 3 rings (SSSR count). The van der Waals surface area contributed by atoms with Gasteiger partial charge in [-0.15, -0.1) is 11.8 Å². The fourth-order valence-corrected chi connectivity index (χ4v) is 3.97. The van der Waals surface area contributed by atoms with E-state index in [-0.39, 0.29) is 5.91 Å². The Morgan fingerprint density at radius 3 is 2.17 bits per heavy atom. The van der Waals surface area contributed by atoms with Crippen molar-refractivity contribution < 1.29 is 14.3 Å². The van der Waals surface area contributed by atoms with Crippen LogP contribution in [0.3, 0.4) is 0 Å². The summed E-state index contributed by atoms with van der Waals surface area (Å²) in [6.07, 6.45) is 0. The standard InChI is InChI=1S/C24H24ClNO3S/c1-26(15-18-6-13-22(28-2)23(14-18)29-3)24(27)19-7-4-17(5-8-19)16-30-21-11-9-20(25)10-12-21/h4-14H,15-16H2,1-3H3. The molecule has 6 heteroatoms. The number of rotatable bonds is 8. The summed E-state index contributed by atoms with van der Waals surface area (Å²) in [6, 6.07) is 21.2. The van der Waals surface area contributed by atoms with Crippen LogP contribution < -0.4 is 9.47 Å². The van der Waals surface area contributed by atoms with Gasteiger partial charge in [0.15, 0.2) is 11.5 Å². The molecule has 0 saturated carbocycles. The minimum absolute atomic E-state index is 0.0262. The van der Waals surface area contributed by atoms with E-state index < -0.39 is 0 Å². The van der Waals surface area contributed by atoms with Crippen molar-refractivity contribution in [1.29, 1.82) is 0 Å². The van der Waals surface area contributed by atoms with Crippen LogP contribution in [-0.4, -0.2) is 32.1 Å². The molecule has 156 valence electrons. The van der Waals surface area contributed by atoms with Gasteiger partial charge in [-0.3, -0.25) is 4.79 Å². The van der Waals surface area contributed by atoms with Crippen LogP contribution in [-0.2, 0) is 12.3 Å². The van der Waals surface area contributed by atoms with Crippen molar-refractivity contribution in [2.45, 2.75) is 17.2 Å². The second kappa shape index (κ2) is 10.4. The van der Waals surface area contributed by atoms with E-state index in [9.17, 15) is 4.79 Å². The maximum atomic E-state index is 12.8. The lowest BCUT2D eigenvalue weighted by Crippen LogP contribution is -2.26. The second-order valence-corrected chi connectivity index (χ2v) is 8.28. The number of carbonyl (C=O) groups is 1. The van der Waals surface area contributed by atoms with Gasteiger partial charge in [0.05, 0.1) is 14.2 Å². The highest BCUT2D eigenvalue weighted by Crippen LogP contribution is 2.28. The van der Waals surface area contributed by atoms with Crippen LogP contribution in [0.25, 0.3) is 0 Å². The third-order valence-electron chi connectivity index (χ3n) is 4.63. The summed E-state index contributed by atoms with van der Waals surface area (Å²) in [5, 5.41) is 0.736. The van der Waals surface area contributed by atoms with Crippen molar-refractivity contribution in [3.63, 3.8) is 0 Å². The van der Waals surface area contributed by atoms with E-state index in [0.717, 1.165) is 26.8 Å². The third-order valence-corrected chi connectivity index (χ3v) is 5.97. The van der Waals surface area contributed by atoms with Gasteiger partial charge < -0.3 is 14.4 Å². The lowest BCUT2D eigenvalue weighted by molar-refractivity contribution is 0.0785. The summed E-state index contributed by atoms with van der Waals surface area (Å²) in [5.41, 5.74) is 2.80. The van der Waals surface area contributed by atoms with Gasteiger partial charge in [-0.25, -0.2) is 0 Å². The summed E-state index contributed by atoms with van der Waals surface area (Å²) < 4.78 is 10.6. The summed E-state index contributed by atoms with van der Waals surface area (Å²) in [5.74, 6) is 2.12. The molecular formula is C24H24ClNO3S. The minimum Gasteiger partial charge on any atom is -0.493 e. The first-order valence-corrected chi connectivity index (χ1v) is 10.8. The molecule has 0 aromatic heterocycles. The first kappa shape index (κ1) is 22.1. The highest BCUT2D eigenvalue weighted by Gasteiger charge is 2.13. The first-order chi connectivity index (χ1) is 14.5. The Bertz CT molecular complexity index is 990. The molecule has 0 N–H and O–H groups in total. The van der Waals surface area contributed by atoms with Crippen molar-refractivity contribution in [2.24, 2.45) is 0 Å². The van der Waals surface area contributed by atoms with E-state index in [1.54, 1.807) is 37.9 Å². The van der Waals surface area contributed by atoms with Crippen LogP contribution in [0.15, 0.2) is 71.6 Å². The molecule has 4 nitrogen and oxygen atoms in total. The van der Waals surface area contributed by atoms with Gasteiger partial charge in [-0.2, -0.15) is 0 Å². The summed E-state index contributed by atoms with van der Waals surface area (Å²) in [7, 11) is 5.00. The Kier molecular flexibility index (Phi) is 7.66. The number of benzene rings is 3. The zero-order valence-corrected chi connectivity index (χ0v) is 18.8. The van der Waals surface area contributed by atoms with Gasteiger partial charge in [-0.05, 0) is 59.7 Å². The van der Waals surface area contributed by atoms with Crippen molar-refractivity contribution in [1.82, 2.24) is 4.90 Å². The number of carbonyl (C=O) groups excluding carboxylic acids is 1. The van der Waals surface area contributed by atoms with E-state index in [4.69, 9.17) is 21.1 Å². The third kappa shape index (κ3) is 5.71. The maximum Gasteiger partial charge on any atom is 0.253 e. The largest absolute Gasteiger partial charge is 0.493 e. The molecule has 0 aliphatic heterocycles. The molecule has 3 aromatic carbocycles. The molecule has 0 unspecified atom stereocenters. The summed E-state index contributed by atoms with van der Waals surface area (Å²) in [6.45, 7) is 0.480. The van der Waals surface area contributed by atoms with E-state index in [1.807, 2.05) is 66.7 Å². The number of nitrogens with zero attached hydrogens (tertiary/aromatic N) is 1. The molecule has 3 aromatic rings. The van der Waals surface area contributed by atoms with Crippen LogP contribution >= 0.6 is 23.4 Å². The predicted octanol–water partition coefficient (Wildman–Crippen LogP) is 5.92. The molecule has 0 fully saturated rings. The Balaban J connectivity index is 1.60. The Morgan fingerprint density at radius 1 is 0.900 bits per heavy atom. The SMILES string of the molecule is COc1ccc(CN(C)C(=O)c2ccc(CSc3ccc(Cl)cc3)cc2)cc1OC. The topological polar surface area (TPSA) is 38.8 Å². The molecule has 0 heterocycles. The number of halogens is 1. The van der Waals surface area contributed by atoms with E-state index in [0.29, 0.717) is 23.6 Å². The Hall–Kier alpha value is -2.63. The number of hydrogen-bond donors (Lipinski definition) is 0. The number of thioether (sulfide) groups is 1. The summed E-state index contributed by atoms with van der Waals surface area (Å²) >= 11 is 7.66. The maximum absolute atomic E-state index is 12.8. The zero-order chi connectivity index (χ0) is 21.5. The van der Waals surface area contributed by atoms with Crippen LogP contribution in [0, 0.1) is 0 Å². The molecule has 0 spiro atoms. The van der Waals surface area contributed by atoms with Crippen LogP contribution in [0.2, 0.25) is 5.02 Å². The Labute approximate surface area is 186 Å². The summed E-state index contributed by atoms with van der Waals surface area (Å²) in [4.78, 5) is 15.7. The molecular weight excluding hydrogens is 418 g/mol. The Morgan fingerprint density at radius 2 is 1.53 bits per heavy atom. The number of methoxy groups -OCH3 is 2. The van der Waals surface area contributed by atoms with Gasteiger partial charge in [0.25, 0.3) is 5.91 Å². The fraction of sp³-hybridized carbons (Fsp3) is 0.208. The van der Waals surface area contributed by atoms with Crippen LogP contribution in [0.4, 0.5) is 0 Å². The molecule has 30 heavy (non-hydrogen) atoms. The lowest BCUT2D eigenvalue weighted by Gasteiger charge is -2.18. The molecule has 0 atom stereocenters. The number of amides is 1. The molecule has 0 saturated heterocycles. The normalized spacial score (nSPS) is 10.5. The first-order valence-electron chi connectivity index (χ1n) is 9.44. The van der Waals surface area contributed by atoms with E-state index in [1.165, 1.54) is 0 Å². The highest BCUT2D eigenvalue weighted by molar-refractivity contribution is 7.98. The zero-order valence-electron chi connectivity index (χ0n) is 17.2. The van der Waals surface area contributed by atoms with Gasteiger partial charge >= 0.3 is 0 Å².